The van der Waals surface area contributed by atoms with Gasteiger partial charge >= 0.3 is 6.03 Å². The highest BCUT2D eigenvalue weighted by Gasteiger charge is 2.34. The molecule has 2 aromatic carbocycles. The maximum atomic E-state index is 12.5. The largest absolute Gasteiger partial charge is 0.381 e. The molecule has 4 rings (SSSR count). The summed E-state index contributed by atoms with van der Waals surface area (Å²) in [6.07, 6.45) is 1.72. The zero-order valence-electron chi connectivity index (χ0n) is 17.1. The van der Waals surface area contributed by atoms with Crippen molar-refractivity contribution in [3.05, 3.63) is 65.7 Å². The van der Waals surface area contributed by atoms with E-state index >= 15 is 0 Å². The van der Waals surface area contributed by atoms with Crippen molar-refractivity contribution in [3.63, 3.8) is 0 Å². The van der Waals surface area contributed by atoms with Crippen molar-refractivity contribution in [2.24, 2.45) is 0 Å². The summed E-state index contributed by atoms with van der Waals surface area (Å²) in [5.41, 5.74) is 2.57. The molecule has 2 aromatic rings. The highest BCUT2D eigenvalue weighted by Crippen LogP contribution is 2.34. The molecule has 7 nitrogen and oxygen atoms in total. The first-order chi connectivity index (χ1) is 15.1. The third-order valence-corrected chi connectivity index (χ3v) is 6.68. The second-order valence-electron chi connectivity index (χ2n) is 7.80. The van der Waals surface area contributed by atoms with Gasteiger partial charge in [0.25, 0.3) is 5.24 Å². The number of urea groups is 1. The molecule has 0 aromatic heterocycles. The van der Waals surface area contributed by atoms with Crippen molar-refractivity contribution in [1.29, 1.82) is 0 Å². The summed E-state index contributed by atoms with van der Waals surface area (Å²) in [5.74, 6) is 0.0342. The molecule has 162 valence electrons. The molecule has 2 fully saturated rings. The molecule has 0 saturated carbocycles. The van der Waals surface area contributed by atoms with E-state index in [1.165, 1.54) is 10.5 Å². The number of benzene rings is 2. The number of hydrogen-bond donors (Lipinski definition) is 2. The zero-order chi connectivity index (χ0) is 21.7. The Hall–Kier alpha value is -2.84. The van der Waals surface area contributed by atoms with Crippen LogP contribution in [-0.4, -0.2) is 47.6 Å². The molecule has 2 N–H and O–H groups in total. The van der Waals surface area contributed by atoms with Gasteiger partial charge in [0.2, 0.25) is 5.91 Å². The minimum absolute atomic E-state index is 0.131. The molecule has 2 saturated heterocycles. The van der Waals surface area contributed by atoms with E-state index in [1.807, 2.05) is 30.3 Å². The van der Waals surface area contributed by atoms with E-state index in [-0.39, 0.29) is 34.9 Å². The van der Waals surface area contributed by atoms with Gasteiger partial charge in [-0.05, 0) is 36.1 Å². The van der Waals surface area contributed by atoms with Crippen LogP contribution in [0.25, 0.3) is 0 Å². The molecular weight excluding hydrogens is 414 g/mol. The topological polar surface area (TPSA) is 87.7 Å². The number of carbonyl (C=O) groups is 3. The van der Waals surface area contributed by atoms with Crippen molar-refractivity contribution in [1.82, 2.24) is 10.2 Å². The highest BCUT2D eigenvalue weighted by atomic mass is 32.2. The van der Waals surface area contributed by atoms with Gasteiger partial charge in [-0.15, -0.1) is 0 Å². The summed E-state index contributed by atoms with van der Waals surface area (Å²) >= 11 is 1.02. The Morgan fingerprint density at radius 3 is 2.39 bits per heavy atom. The maximum Gasteiger partial charge on any atom is 0.319 e. The Morgan fingerprint density at radius 1 is 1.03 bits per heavy atom. The number of hydrogen-bond acceptors (Lipinski definition) is 5. The van der Waals surface area contributed by atoms with Crippen molar-refractivity contribution >= 4 is 34.6 Å². The van der Waals surface area contributed by atoms with Gasteiger partial charge in [-0.25, -0.2) is 4.79 Å². The molecule has 2 aliphatic rings. The first kappa shape index (κ1) is 21.4. The summed E-state index contributed by atoms with van der Waals surface area (Å²) in [4.78, 5) is 37.2. The summed E-state index contributed by atoms with van der Waals surface area (Å²) in [7, 11) is 0. The molecule has 2 aliphatic heterocycles. The van der Waals surface area contributed by atoms with Crippen LogP contribution in [0.5, 0.6) is 0 Å². The number of ether oxygens (including phenoxy) is 1. The molecule has 0 unspecified atom stereocenters. The number of anilines is 1. The average Bonchev–Trinajstić information content (AvgIpc) is 3.12. The molecule has 0 bridgehead atoms. The van der Waals surface area contributed by atoms with Crippen molar-refractivity contribution in [2.75, 3.05) is 30.8 Å². The van der Waals surface area contributed by atoms with Crippen LogP contribution < -0.4 is 10.6 Å². The van der Waals surface area contributed by atoms with Gasteiger partial charge in [-0.2, -0.15) is 0 Å². The van der Waals surface area contributed by atoms with E-state index in [2.05, 4.69) is 22.8 Å². The van der Waals surface area contributed by atoms with Gasteiger partial charge in [0.15, 0.2) is 0 Å². The Balaban J connectivity index is 1.34. The molecular formula is C23H25N3O4S. The second-order valence-corrected chi connectivity index (χ2v) is 8.72. The van der Waals surface area contributed by atoms with Crippen LogP contribution in [0.3, 0.4) is 0 Å². The smallest absolute Gasteiger partial charge is 0.319 e. The normalized spacial score (nSPS) is 18.1. The van der Waals surface area contributed by atoms with Crippen molar-refractivity contribution in [3.8, 4) is 0 Å². The number of imide groups is 1. The molecule has 0 spiro atoms. The number of thioether (sulfide) groups is 1. The van der Waals surface area contributed by atoms with Crippen molar-refractivity contribution in [2.45, 2.75) is 24.8 Å². The van der Waals surface area contributed by atoms with Gasteiger partial charge < -0.3 is 15.4 Å². The fourth-order valence-electron chi connectivity index (χ4n) is 3.96. The minimum atomic E-state index is -0.268. The van der Waals surface area contributed by atoms with E-state index in [9.17, 15) is 14.4 Å². The predicted molar refractivity (Wildman–Crippen MR) is 120 cm³/mol. The quantitative estimate of drug-likeness (QED) is 0.716. The van der Waals surface area contributed by atoms with E-state index in [4.69, 9.17) is 4.74 Å². The van der Waals surface area contributed by atoms with E-state index in [0.717, 1.165) is 30.2 Å². The lowest BCUT2D eigenvalue weighted by Crippen LogP contribution is -2.45. The fraction of sp³-hybridized carbons (Fsp3) is 0.348. The molecule has 31 heavy (non-hydrogen) atoms. The molecule has 2 heterocycles. The van der Waals surface area contributed by atoms with Crippen LogP contribution >= 0.6 is 11.8 Å². The summed E-state index contributed by atoms with van der Waals surface area (Å²) in [6.45, 7) is 2.14. The number of nitrogens with one attached hydrogen (secondary N) is 2. The highest BCUT2D eigenvalue weighted by molar-refractivity contribution is 8.14. The second kappa shape index (κ2) is 9.53. The SMILES string of the molecule is O=C(NCC1(c2ccccc2)CCOCC1)Nc1ccc(CN2C(=O)CSC2=O)cc1. The zero-order valence-corrected chi connectivity index (χ0v) is 18.0. The fourth-order valence-corrected chi connectivity index (χ4v) is 4.68. The minimum Gasteiger partial charge on any atom is -0.381 e. The van der Waals surface area contributed by atoms with Crippen LogP contribution in [0.2, 0.25) is 0 Å². The Bertz CT molecular complexity index is 927. The standard InChI is InChI=1S/C23H25N3O4S/c27-20-15-31-22(29)26(20)14-17-6-8-19(9-7-17)25-21(28)24-16-23(10-12-30-13-11-23)18-4-2-1-3-5-18/h1-9H,10-16H2,(H2,24,25,28). The van der Waals surface area contributed by atoms with Gasteiger partial charge in [-0.1, -0.05) is 54.2 Å². The van der Waals surface area contributed by atoms with Gasteiger partial charge in [-0.3, -0.25) is 14.5 Å². The Morgan fingerprint density at radius 2 is 1.74 bits per heavy atom. The van der Waals surface area contributed by atoms with Crippen LogP contribution in [0.15, 0.2) is 54.6 Å². The lowest BCUT2D eigenvalue weighted by molar-refractivity contribution is -0.125. The predicted octanol–water partition coefficient (Wildman–Crippen LogP) is 3.75. The lowest BCUT2D eigenvalue weighted by atomic mass is 9.74. The Labute approximate surface area is 185 Å². The van der Waals surface area contributed by atoms with Gasteiger partial charge in [0.05, 0.1) is 12.3 Å². The summed E-state index contributed by atoms with van der Waals surface area (Å²) in [5, 5.41) is 5.66. The van der Waals surface area contributed by atoms with Crippen LogP contribution in [0.1, 0.15) is 24.0 Å². The average molecular weight is 440 g/mol. The van der Waals surface area contributed by atoms with Gasteiger partial charge in [0, 0.05) is 30.9 Å². The van der Waals surface area contributed by atoms with E-state index in [0.29, 0.717) is 25.4 Å². The van der Waals surface area contributed by atoms with Crippen molar-refractivity contribution < 1.29 is 19.1 Å². The molecule has 4 amide bonds. The summed E-state index contributed by atoms with van der Waals surface area (Å²) in [6, 6.07) is 17.2. The number of amides is 4. The Kier molecular flexibility index (Phi) is 6.58. The van der Waals surface area contributed by atoms with Crippen LogP contribution in [0, 0.1) is 0 Å². The number of nitrogens with zero attached hydrogens (tertiary/aromatic N) is 1. The molecule has 8 heteroatoms. The first-order valence-electron chi connectivity index (χ1n) is 10.3. The van der Waals surface area contributed by atoms with E-state index in [1.54, 1.807) is 12.1 Å². The maximum absolute atomic E-state index is 12.5. The van der Waals surface area contributed by atoms with Crippen LogP contribution in [0.4, 0.5) is 15.3 Å². The third kappa shape index (κ3) is 5.08. The number of carbonyl (C=O) groups excluding carboxylic acids is 3. The first-order valence-corrected chi connectivity index (χ1v) is 11.3. The molecule has 0 atom stereocenters. The van der Waals surface area contributed by atoms with Crippen LogP contribution in [-0.2, 0) is 21.5 Å². The number of rotatable bonds is 6. The summed E-state index contributed by atoms with van der Waals surface area (Å²) < 4.78 is 5.55. The monoisotopic (exact) mass is 439 g/mol. The van der Waals surface area contributed by atoms with Gasteiger partial charge in [0.1, 0.15) is 0 Å². The third-order valence-electron chi connectivity index (χ3n) is 5.82. The van der Waals surface area contributed by atoms with E-state index < -0.39 is 0 Å². The lowest BCUT2D eigenvalue weighted by Gasteiger charge is -2.38. The molecule has 0 aliphatic carbocycles. The molecule has 0 radical (unpaired) electrons.